The summed E-state index contributed by atoms with van der Waals surface area (Å²) in [5.74, 6) is 0.723. The number of benzene rings is 1. The zero-order valence-electron chi connectivity index (χ0n) is 11.2. The molecule has 94 valence electrons. The van der Waals surface area contributed by atoms with Gasteiger partial charge in [0, 0.05) is 6.04 Å². The van der Waals surface area contributed by atoms with Crippen molar-refractivity contribution >= 4 is 0 Å². The Bertz CT molecular complexity index is 370. The lowest BCUT2D eigenvalue weighted by molar-refractivity contribution is 0.461. The molecule has 1 heteroatoms. The second kappa shape index (κ2) is 5.68. The van der Waals surface area contributed by atoms with E-state index in [1.54, 1.807) is 11.1 Å². The van der Waals surface area contributed by atoms with Crippen LogP contribution in [0.1, 0.15) is 62.3 Å². The van der Waals surface area contributed by atoms with E-state index in [4.69, 9.17) is 5.73 Å². The zero-order valence-corrected chi connectivity index (χ0v) is 11.2. The molecule has 0 saturated carbocycles. The number of aryl methyl sites for hydroxylation is 2. The largest absolute Gasteiger partial charge is 0.324 e. The second-order valence-electron chi connectivity index (χ2n) is 5.59. The minimum atomic E-state index is 0.220. The van der Waals surface area contributed by atoms with Crippen LogP contribution in [0.25, 0.3) is 0 Å². The van der Waals surface area contributed by atoms with Gasteiger partial charge in [0.25, 0.3) is 0 Å². The van der Waals surface area contributed by atoms with Crippen molar-refractivity contribution in [2.75, 3.05) is 0 Å². The van der Waals surface area contributed by atoms with Crippen molar-refractivity contribution in [1.29, 1.82) is 0 Å². The summed E-state index contributed by atoms with van der Waals surface area (Å²) in [6.45, 7) is 4.53. The van der Waals surface area contributed by atoms with Gasteiger partial charge < -0.3 is 5.73 Å². The van der Waals surface area contributed by atoms with E-state index in [1.807, 2.05) is 0 Å². The predicted molar refractivity (Wildman–Crippen MR) is 74.1 cm³/mol. The Morgan fingerprint density at radius 3 is 2.59 bits per heavy atom. The summed E-state index contributed by atoms with van der Waals surface area (Å²) in [5, 5.41) is 0. The first kappa shape index (κ1) is 12.6. The molecule has 0 radical (unpaired) electrons. The highest BCUT2D eigenvalue weighted by molar-refractivity contribution is 5.35. The lowest BCUT2D eigenvalue weighted by atomic mass is 9.87. The van der Waals surface area contributed by atoms with E-state index < -0.39 is 0 Å². The summed E-state index contributed by atoms with van der Waals surface area (Å²) in [6, 6.07) is 7.14. The smallest absolute Gasteiger partial charge is 0.0297 e. The lowest BCUT2D eigenvalue weighted by Gasteiger charge is -2.20. The predicted octanol–water partition coefficient (Wildman–Crippen LogP) is 4.00. The molecular weight excluding hydrogens is 206 g/mol. The third-order valence-corrected chi connectivity index (χ3v) is 4.15. The maximum absolute atomic E-state index is 6.30. The van der Waals surface area contributed by atoms with Crippen LogP contribution in [-0.2, 0) is 12.8 Å². The highest BCUT2D eigenvalue weighted by Gasteiger charge is 2.14. The Morgan fingerprint density at radius 1 is 1.18 bits per heavy atom. The summed E-state index contributed by atoms with van der Waals surface area (Å²) < 4.78 is 0. The van der Waals surface area contributed by atoms with Crippen LogP contribution in [0.2, 0.25) is 0 Å². The SMILES string of the molecule is CCC(C)CC(N)c1ccc2c(c1)CCCC2. The molecule has 2 atom stereocenters. The first-order valence-corrected chi connectivity index (χ1v) is 7.08. The van der Waals surface area contributed by atoms with Gasteiger partial charge in [-0.3, -0.25) is 0 Å². The van der Waals surface area contributed by atoms with Crippen LogP contribution < -0.4 is 5.73 Å². The summed E-state index contributed by atoms with van der Waals surface area (Å²) in [7, 11) is 0. The Labute approximate surface area is 105 Å². The summed E-state index contributed by atoms with van der Waals surface area (Å²) in [4.78, 5) is 0. The van der Waals surface area contributed by atoms with Gasteiger partial charge >= 0.3 is 0 Å². The van der Waals surface area contributed by atoms with E-state index in [0.29, 0.717) is 0 Å². The molecule has 0 saturated heterocycles. The molecule has 1 aliphatic carbocycles. The van der Waals surface area contributed by atoms with Crippen LogP contribution >= 0.6 is 0 Å². The van der Waals surface area contributed by atoms with E-state index in [9.17, 15) is 0 Å². The number of rotatable bonds is 4. The van der Waals surface area contributed by atoms with Gasteiger partial charge in [0.2, 0.25) is 0 Å². The molecule has 1 aliphatic rings. The number of hydrogen-bond donors (Lipinski definition) is 1. The van der Waals surface area contributed by atoms with Crippen LogP contribution in [0.15, 0.2) is 18.2 Å². The van der Waals surface area contributed by atoms with Crippen LogP contribution in [0.5, 0.6) is 0 Å². The van der Waals surface area contributed by atoms with Crippen LogP contribution in [-0.4, -0.2) is 0 Å². The normalized spacial score (nSPS) is 18.5. The Hall–Kier alpha value is -0.820. The lowest BCUT2D eigenvalue weighted by Crippen LogP contribution is -2.15. The number of fused-ring (bicyclic) bond motifs is 1. The minimum Gasteiger partial charge on any atom is -0.324 e. The van der Waals surface area contributed by atoms with Crippen molar-refractivity contribution in [2.24, 2.45) is 11.7 Å². The molecule has 0 bridgehead atoms. The van der Waals surface area contributed by atoms with Gasteiger partial charge in [-0.1, -0.05) is 38.5 Å². The Morgan fingerprint density at radius 2 is 1.88 bits per heavy atom. The van der Waals surface area contributed by atoms with E-state index in [0.717, 1.165) is 12.3 Å². The van der Waals surface area contributed by atoms with Gasteiger partial charge in [-0.2, -0.15) is 0 Å². The molecule has 2 rings (SSSR count). The maximum Gasteiger partial charge on any atom is 0.0297 e. The van der Waals surface area contributed by atoms with Crippen molar-refractivity contribution in [3.8, 4) is 0 Å². The molecule has 0 aromatic heterocycles. The van der Waals surface area contributed by atoms with Crippen molar-refractivity contribution < 1.29 is 0 Å². The summed E-state index contributed by atoms with van der Waals surface area (Å²) in [6.07, 6.45) is 7.53. The molecule has 0 fully saturated rings. The molecular formula is C16H25N. The average molecular weight is 231 g/mol. The highest BCUT2D eigenvalue weighted by atomic mass is 14.6. The number of hydrogen-bond acceptors (Lipinski definition) is 1. The van der Waals surface area contributed by atoms with Gasteiger partial charge in [0.05, 0.1) is 0 Å². The van der Waals surface area contributed by atoms with Crippen LogP contribution in [0, 0.1) is 5.92 Å². The van der Waals surface area contributed by atoms with E-state index in [2.05, 4.69) is 32.0 Å². The molecule has 1 aromatic rings. The molecule has 1 aromatic carbocycles. The molecule has 0 heterocycles. The quantitative estimate of drug-likeness (QED) is 0.832. The van der Waals surface area contributed by atoms with Gasteiger partial charge in [-0.25, -0.2) is 0 Å². The molecule has 17 heavy (non-hydrogen) atoms. The van der Waals surface area contributed by atoms with Gasteiger partial charge in [0.15, 0.2) is 0 Å². The molecule has 2 unspecified atom stereocenters. The topological polar surface area (TPSA) is 26.0 Å². The van der Waals surface area contributed by atoms with Crippen molar-refractivity contribution in [3.63, 3.8) is 0 Å². The zero-order chi connectivity index (χ0) is 12.3. The first-order chi connectivity index (χ1) is 8.20. The average Bonchev–Trinajstić information content (AvgIpc) is 2.38. The summed E-state index contributed by atoms with van der Waals surface area (Å²) >= 11 is 0. The third-order valence-electron chi connectivity index (χ3n) is 4.15. The molecule has 0 spiro atoms. The van der Waals surface area contributed by atoms with Crippen molar-refractivity contribution in [3.05, 3.63) is 34.9 Å². The van der Waals surface area contributed by atoms with E-state index in [1.165, 1.54) is 37.7 Å². The first-order valence-electron chi connectivity index (χ1n) is 7.08. The van der Waals surface area contributed by atoms with E-state index in [-0.39, 0.29) is 6.04 Å². The van der Waals surface area contributed by atoms with Gasteiger partial charge in [-0.05, 0) is 54.7 Å². The summed E-state index contributed by atoms with van der Waals surface area (Å²) in [5.41, 5.74) is 10.7. The Kier molecular flexibility index (Phi) is 4.22. The molecule has 2 N–H and O–H groups in total. The Balaban J connectivity index is 2.10. The van der Waals surface area contributed by atoms with E-state index >= 15 is 0 Å². The number of nitrogens with two attached hydrogens (primary N) is 1. The van der Waals surface area contributed by atoms with Gasteiger partial charge in [0.1, 0.15) is 0 Å². The molecule has 0 amide bonds. The van der Waals surface area contributed by atoms with Gasteiger partial charge in [-0.15, -0.1) is 0 Å². The fourth-order valence-corrected chi connectivity index (χ4v) is 2.72. The second-order valence-corrected chi connectivity index (χ2v) is 5.59. The highest BCUT2D eigenvalue weighted by Crippen LogP contribution is 2.26. The fraction of sp³-hybridized carbons (Fsp3) is 0.625. The minimum absolute atomic E-state index is 0.220. The van der Waals surface area contributed by atoms with Crippen LogP contribution in [0.4, 0.5) is 0 Å². The third kappa shape index (κ3) is 3.10. The maximum atomic E-state index is 6.30. The monoisotopic (exact) mass is 231 g/mol. The molecule has 0 aliphatic heterocycles. The van der Waals surface area contributed by atoms with Crippen LogP contribution in [0.3, 0.4) is 0 Å². The van der Waals surface area contributed by atoms with Crippen molar-refractivity contribution in [2.45, 2.75) is 58.4 Å². The fourth-order valence-electron chi connectivity index (χ4n) is 2.72. The molecule has 1 nitrogen and oxygen atoms in total. The standard InChI is InChI=1S/C16H25N/c1-3-12(2)10-16(17)15-9-8-13-6-4-5-7-14(13)11-15/h8-9,11-12,16H,3-7,10,17H2,1-2H3. The van der Waals surface area contributed by atoms with Crippen molar-refractivity contribution in [1.82, 2.24) is 0 Å².